The number of nitriles is 1. The van der Waals surface area contributed by atoms with Crippen LogP contribution in [0.15, 0.2) is 42.9 Å². The van der Waals surface area contributed by atoms with Gasteiger partial charge in [-0.1, -0.05) is 6.07 Å². The van der Waals surface area contributed by atoms with Crippen molar-refractivity contribution in [2.75, 3.05) is 0 Å². The summed E-state index contributed by atoms with van der Waals surface area (Å²) in [5.41, 5.74) is 2.17. The van der Waals surface area contributed by atoms with Gasteiger partial charge in [-0.15, -0.1) is 0 Å². The fraction of sp³-hybridized carbons (Fsp3) is 0. The Labute approximate surface area is 81.7 Å². The van der Waals surface area contributed by atoms with Crippen molar-refractivity contribution in [2.45, 2.75) is 0 Å². The number of hydrogen-bond donors (Lipinski definition) is 0. The van der Waals surface area contributed by atoms with E-state index in [1.807, 2.05) is 24.3 Å². The summed E-state index contributed by atoms with van der Waals surface area (Å²) >= 11 is 0. The van der Waals surface area contributed by atoms with Gasteiger partial charge in [0, 0.05) is 29.7 Å². The largest absolute Gasteiger partial charge is 0.264 e. The summed E-state index contributed by atoms with van der Waals surface area (Å²) in [6.45, 7) is 0. The minimum Gasteiger partial charge on any atom is -0.264 e. The third-order valence-electron chi connectivity index (χ3n) is 1.89. The number of hydrogen-bond acceptors (Lipinski definition) is 3. The number of pyridine rings is 2. The van der Waals surface area contributed by atoms with E-state index in [2.05, 4.69) is 16.0 Å². The van der Waals surface area contributed by atoms with Crippen LogP contribution in [0.25, 0.3) is 11.1 Å². The van der Waals surface area contributed by atoms with E-state index in [4.69, 9.17) is 5.26 Å². The first-order chi connectivity index (χ1) is 6.92. The molecular weight excluding hydrogens is 174 g/mol. The molecule has 0 aliphatic heterocycles. The molecule has 2 heterocycles. The van der Waals surface area contributed by atoms with Gasteiger partial charge in [-0.05, 0) is 18.2 Å². The van der Waals surface area contributed by atoms with Crippen LogP contribution >= 0.6 is 0 Å². The predicted molar refractivity (Wildman–Crippen MR) is 52.2 cm³/mol. The van der Waals surface area contributed by atoms with E-state index < -0.39 is 0 Å². The van der Waals surface area contributed by atoms with E-state index in [0.29, 0.717) is 5.69 Å². The second-order valence-corrected chi connectivity index (χ2v) is 2.75. The third-order valence-corrected chi connectivity index (χ3v) is 1.89. The van der Waals surface area contributed by atoms with Gasteiger partial charge in [0.05, 0.1) is 0 Å². The molecule has 0 bridgehead atoms. The van der Waals surface area contributed by atoms with Crippen LogP contribution in [0.4, 0.5) is 0 Å². The molecule has 0 fully saturated rings. The van der Waals surface area contributed by atoms with Crippen LogP contribution in [0.5, 0.6) is 0 Å². The number of aromatic nitrogens is 2. The molecule has 2 aromatic heterocycles. The molecule has 0 saturated carbocycles. The zero-order chi connectivity index (χ0) is 9.80. The van der Waals surface area contributed by atoms with Crippen LogP contribution in [-0.2, 0) is 0 Å². The average molecular weight is 181 g/mol. The van der Waals surface area contributed by atoms with Gasteiger partial charge in [0.25, 0.3) is 0 Å². The molecule has 3 nitrogen and oxygen atoms in total. The molecule has 0 atom stereocenters. The van der Waals surface area contributed by atoms with E-state index in [1.165, 1.54) is 0 Å². The first-order valence-electron chi connectivity index (χ1n) is 4.17. The van der Waals surface area contributed by atoms with Crippen molar-refractivity contribution in [3.8, 4) is 17.2 Å². The van der Waals surface area contributed by atoms with E-state index in [1.54, 1.807) is 18.6 Å². The molecule has 2 aromatic rings. The molecule has 2 rings (SSSR count). The maximum absolute atomic E-state index is 8.85. The summed E-state index contributed by atoms with van der Waals surface area (Å²) < 4.78 is 0. The zero-order valence-electron chi connectivity index (χ0n) is 7.38. The lowest BCUT2D eigenvalue weighted by atomic mass is 10.1. The Balaban J connectivity index is 2.58. The molecule has 14 heavy (non-hydrogen) atoms. The number of rotatable bonds is 1. The molecule has 0 aromatic carbocycles. The first-order valence-corrected chi connectivity index (χ1v) is 4.17. The molecule has 3 heteroatoms. The Bertz CT molecular complexity index is 471. The minimum atomic E-state index is 0.431. The number of nitrogens with zero attached hydrogens (tertiary/aromatic N) is 3. The van der Waals surface area contributed by atoms with Crippen LogP contribution in [-0.4, -0.2) is 9.97 Å². The highest BCUT2D eigenvalue weighted by molar-refractivity contribution is 5.67. The quantitative estimate of drug-likeness (QED) is 0.676. The van der Waals surface area contributed by atoms with Crippen LogP contribution in [0.2, 0.25) is 0 Å². The van der Waals surface area contributed by atoms with E-state index >= 15 is 0 Å². The van der Waals surface area contributed by atoms with Crippen molar-refractivity contribution < 1.29 is 0 Å². The highest BCUT2D eigenvalue weighted by atomic mass is 14.7. The van der Waals surface area contributed by atoms with Gasteiger partial charge in [-0.25, -0.2) is 4.98 Å². The van der Waals surface area contributed by atoms with Crippen molar-refractivity contribution in [1.29, 1.82) is 5.26 Å². The monoisotopic (exact) mass is 181 g/mol. The van der Waals surface area contributed by atoms with Crippen LogP contribution in [0.3, 0.4) is 0 Å². The minimum absolute atomic E-state index is 0.431. The van der Waals surface area contributed by atoms with Crippen molar-refractivity contribution in [2.24, 2.45) is 0 Å². The van der Waals surface area contributed by atoms with E-state index in [0.717, 1.165) is 11.1 Å². The maximum Gasteiger partial charge on any atom is 0.148 e. The predicted octanol–water partition coefficient (Wildman–Crippen LogP) is 2.02. The average Bonchev–Trinajstić information content (AvgIpc) is 2.30. The van der Waals surface area contributed by atoms with Gasteiger partial charge in [-0.3, -0.25) is 4.98 Å². The molecule has 0 aliphatic carbocycles. The third kappa shape index (κ3) is 1.46. The first kappa shape index (κ1) is 8.39. The Morgan fingerprint density at radius 2 is 2.00 bits per heavy atom. The van der Waals surface area contributed by atoms with Crippen molar-refractivity contribution in [3.63, 3.8) is 0 Å². The van der Waals surface area contributed by atoms with Crippen molar-refractivity contribution in [3.05, 3.63) is 48.5 Å². The molecule has 0 amide bonds. The second kappa shape index (κ2) is 3.67. The molecular formula is C11H7N3. The molecule has 66 valence electrons. The van der Waals surface area contributed by atoms with Gasteiger partial charge in [0.1, 0.15) is 11.8 Å². The van der Waals surface area contributed by atoms with Gasteiger partial charge < -0.3 is 0 Å². The zero-order valence-corrected chi connectivity index (χ0v) is 7.38. The summed E-state index contributed by atoms with van der Waals surface area (Å²) in [5, 5.41) is 8.85. The van der Waals surface area contributed by atoms with Gasteiger partial charge >= 0.3 is 0 Å². The van der Waals surface area contributed by atoms with Crippen molar-refractivity contribution >= 4 is 0 Å². The maximum atomic E-state index is 8.85. The second-order valence-electron chi connectivity index (χ2n) is 2.75. The fourth-order valence-electron chi connectivity index (χ4n) is 1.25. The highest BCUT2D eigenvalue weighted by Crippen LogP contribution is 2.19. The van der Waals surface area contributed by atoms with Gasteiger partial charge in [0.2, 0.25) is 0 Å². The molecule has 0 unspecified atom stereocenters. The summed E-state index contributed by atoms with van der Waals surface area (Å²) in [6.07, 6.45) is 5.03. The van der Waals surface area contributed by atoms with Crippen LogP contribution in [0.1, 0.15) is 5.69 Å². The van der Waals surface area contributed by atoms with E-state index in [-0.39, 0.29) is 0 Å². The summed E-state index contributed by atoms with van der Waals surface area (Å²) in [6, 6.07) is 9.47. The van der Waals surface area contributed by atoms with Gasteiger partial charge in [-0.2, -0.15) is 5.26 Å². The molecule has 0 spiro atoms. The SMILES string of the molecule is N#Cc1ncccc1-c1cccnc1. The Kier molecular flexibility index (Phi) is 2.20. The summed E-state index contributed by atoms with van der Waals surface area (Å²) in [7, 11) is 0. The summed E-state index contributed by atoms with van der Waals surface area (Å²) in [4.78, 5) is 7.98. The molecule has 0 saturated heterocycles. The molecule has 0 radical (unpaired) electrons. The molecule has 0 N–H and O–H groups in total. The standard InChI is InChI=1S/C11H7N3/c12-7-11-10(4-2-6-14-11)9-3-1-5-13-8-9/h1-6,8H. The van der Waals surface area contributed by atoms with Crippen LogP contribution < -0.4 is 0 Å². The van der Waals surface area contributed by atoms with Crippen LogP contribution in [0, 0.1) is 11.3 Å². The topological polar surface area (TPSA) is 49.6 Å². The lowest BCUT2D eigenvalue weighted by Crippen LogP contribution is -1.87. The summed E-state index contributed by atoms with van der Waals surface area (Å²) in [5.74, 6) is 0. The lowest BCUT2D eigenvalue weighted by Gasteiger charge is -2.00. The van der Waals surface area contributed by atoms with E-state index in [9.17, 15) is 0 Å². The Morgan fingerprint density at radius 3 is 2.71 bits per heavy atom. The normalized spacial score (nSPS) is 9.36. The molecule has 0 aliphatic rings. The highest BCUT2D eigenvalue weighted by Gasteiger charge is 2.03. The Hall–Kier alpha value is -2.21. The smallest absolute Gasteiger partial charge is 0.148 e. The van der Waals surface area contributed by atoms with Crippen molar-refractivity contribution in [1.82, 2.24) is 9.97 Å². The lowest BCUT2D eigenvalue weighted by molar-refractivity contribution is 1.25. The Morgan fingerprint density at radius 1 is 1.14 bits per heavy atom. The fourth-order valence-corrected chi connectivity index (χ4v) is 1.25. The van der Waals surface area contributed by atoms with Gasteiger partial charge in [0.15, 0.2) is 0 Å².